The predicted octanol–water partition coefficient (Wildman–Crippen LogP) is 4.41. The standard InChI is InChI=1S/C22H23F3N6O2S/c1-32-18-8-3-14(13-19(18)33-2)20-27-29-31(28-20)17-9-11-30(12-10-17)21(34)26-16-6-4-15(5-7-16)22(23,24)25/h3-8,13,17H,9-12H2,1-2H3,(H,26,34). The summed E-state index contributed by atoms with van der Waals surface area (Å²) < 4.78 is 48.8. The molecule has 1 aromatic heterocycles. The number of hydrogen-bond donors (Lipinski definition) is 1. The van der Waals surface area contributed by atoms with Crippen molar-refractivity contribution < 1.29 is 22.6 Å². The molecule has 2 heterocycles. The highest BCUT2D eigenvalue weighted by Gasteiger charge is 2.30. The Morgan fingerprint density at radius 2 is 1.71 bits per heavy atom. The van der Waals surface area contributed by atoms with Crippen molar-refractivity contribution in [2.75, 3.05) is 32.6 Å². The third-order valence-electron chi connectivity index (χ3n) is 5.61. The molecule has 12 heteroatoms. The summed E-state index contributed by atoms with van der Waals surface area (Å²) in [5, 5.41) is 16.4. The van der Waals surface area contributed by atoms with Crippen LogP contribution in [0.1, 0.15) is 24.4 Å². The van der Waals surface area contributed by atoms with Crippen molar-refractivity contribution in [1.82, 2.24) is 25.1 Å². The van der Waals surface area contributed by atoms with Gasteiger partial charge >= 0.3 is 6.18 Å². The summed E-state index contributed by atoms with van der Waals surface area (Å²) in [6.07, 6.45) is -2.87. The number of tetrazole rings is 1. The zero-order valence-electron chi connectivity index (χ0n) is 18.5. The van der Waals surface area contributed by atoms with Crippen LogP contribution in [0.25, 0.3) is 11.4 Å². The Labute approximate surface area is 199 Å². The third kappa shape index (κ3) is 5.22. The van der Waals surface area contributed by atoms with Crippen LogP contribution in [0.15, 0.2) is 42.5 Å². The van der Waals surface area contributed by atoms with E-state index in [-0.39, 0.29) is 6.04 Å². The number of thiocarbonyl (C=S) groups is 1. The van der Waals surface area contributed by atoms with Gasteiger partial charge in [0, 0.05) is 24.3 Å². The lowest BCUT2D eigenvalue weighted by molar-refractivity contribution is -0.137. The fourth-order valence-corrected chi connectivity index (χ4v) is 4.02. The van der Waals surface area contributed by atoms with Gasteiger partial charge in [-0.15, -0.1) is 10.2 Å². The zero-order chi connectivity index (χ0) is 24.3. The summed E-state index contributed by atoms with van der Waals surface area (Å²) in [4.78, 5) is 3.60. The molecule has 1 fully saturated rings. The van der Waals surface area contributed by atoms with E-state index in [2.05, 4.69) is 20.7 Å². The van der Waals surface area contributed by atoms with E-state index in [1.54, 1.807) is 31.1 Å². The molecule has 0 saturated carbocycles. The van der Waals surface area contributed by atoms with Crippen molar-refractivity contribution in [1.29, 1.82) is 0 Å². The SMILES string of the molecule is COc1ccc(-c2nnn(C3CCN(C(=S)Nc4ccc(C(F)(F)F)cc4)CC3)n2)cc1OC. The lowest BCUT2D eigenvalue weighted by atomic mass is 10.1. The molecule has 0 amide bonds. The average Bonchev–Trinajstić information content (AvgIpc) is 3.34. The summed E-state index contributed by atoms with van der Waals surface area (Å²) >= 11 is 5.45. The number of anilines is 1. The molecule has 0 unspecified atom stereocenters. The molecular formula is C22H23F3N6O2S. The Hall–Kier alpha value is -3.41. The summed E-state index contributed by atoms with van der Waals surface area (Å²) in [7, 11) is 3.14. The highest BCUT2D eigenvalue weighted by Crippen LogP contribution is 2.32. The number of aromatic nitrogens is 4. The molecule has 34 heavy (non-hydrogen) atoms. The van der Waals surface area contributed by atoms with Crippen molar-refractivity contribution in [3.05, 3.63) is 48.0 Å². The highest BCUT2D eigenvalue weighted by molar-refractivity contribution is 7.80. The van der Waals surface area contributed by atoms with E-state index < -0.39 is 11.7 Å². The van der Waals surface area contributed by atoms with Crippen LogP contribution in [0.3, 0.4) is 0 Å². The van der Waals surface area contributed by atoms with E-state index in [0.717, 1.165) is 30.5 Å². The van der Waals surface area contributed by atoms with Crippen LogP contribution in [0.5, 0.6) is 11.5 Å². The molecule has 0 spiro atoms. The van der Waals surface area contributed by atoms with Gasteiger partial charge in [-0.2, -0.15) is 18.0 Å². The molecule has 0 aliphatic carbocycles. The lowest BCUT2D eigenvalue weighted by Crippen LogP contribution is -2.41. The van der Waals surface area contributed by atoms with Crippen LogP contribution in [-0.2, 0) is 6.18 Å². The Bertz CT molecular complexity index is 1140. The molecule has 1 aliphatic heterocycles. The molecule has 1 saturated heterocycles. The second-order valence-electron chi connectivity index (χ2n) is 7.73. The summed E-state index contributed by atoms with van der Waals surface area (Å²) in [6, 6.07) is 10.3. The maximum absolute atomic E-state index is 12.7. The number of alkyl halides is 3. The van der Waals surface area contributed by atoms with Crippen LogP contribution in [0.4, 0.5) is 18.9 Å². The molecular weight excluding hydrogens is 469 g/mol. The maximum atomic E-state index is 12.7. The van der Waals surface area contributed by atoms with Crippen LogP contribution in [0.2, 0.25) is 0 Å². The number of methoxy groups -OCH3 is 2. The van der Waals surface area contributed by atoms with Crippen LogP contribution < -0.4 is 14.8 Å². The molecule has 8 nitrogen and oxygen atoms in total. The average molecular weight is 493 g/mol. The number of piperidine rings is 1. The maximum Gasteiger partial charge on any atom is 0.416 e. The number of nitrogens with one attached hydrogen (secondary N) is 1. The van der Waals surface area contributed by atoms with E-state index in [9.17, 15) is 13.2 Å². The van der Waals surface area contributed by atoms with E-state index in [4.69, 9.17) is 21.7 Å². The summed E-state index contributed by atoms with van der Waals surface area (Å²) in [6.45, 7) is 1.31. The van der Waals surface area contributed by atoms with Crippen molar-refractivity contribution in [3.8, 4) is 22.9 Å². The number of ether oxygens (including phenoxy) is 2. The molecule has 1 aliphatic rings. The Morgan fingerprint density at radius 1 is 1.03 bits per heavy atom. The first-order chi connectivity index (χ1) is 16.3. The van der Waals surface area contributed by atoms with Gasteiger partial charge in [0.1, 0.15) is 0 Å². The normalized spacial score (nSPS) is 14.7. The van der Waals surface area contributed by atoms with Gasteiger partial charge in [-0.25, -0.2) is 0 Å². The first kappa shape index (κ1) is 23.7. The minimum Gasteiger partial charge on any atom is -0.493 e. The predicted molar refractivity (Wildman–Crippen MR) is 124 cm³/mol. The molecule has 2 aromatic carbocycles. The quantitative estimate of drug-likeness (QED) is 0.525. The minimum absolute atomic E-state index is 0.0616. The van der Waals surface area contributed by atoms with E-state index >= 15 is 0 Å². The van der Waals surface area contributed by atoms with E-state index in [0.29, 0.717) is 41.2 Å². The van der Waals surface area contributed by atoms with Crippen molar-refractivity contribution >= 4 is 23.0 Å². The fourth-order valence-electron chi connectivity index (χ4n) is 3.72. The largest absolute Gasteiger partial charge is 0.493 e. The number of halogens is 3. The van der Waals surface area contributed by atoms with Crippen molar-refractivity contribution in [2.45, 2.75) is 25.1 Å². The molecule has 4 rings (SSSR count). The topological polar surface area (TPSA) is 77.3 Å². The second kappa shape index (κ2) is 9.84. The van der Waals surface area contributed by atoms with Gasteiger partial charge in [0.05, 0.1) is 25.8 Å². The Kier molecular flexibility index (Phi) is 6.87. The van der Waals surface area contributed by atoms with Gasteiger partial charge in [-0.1, -0.05) is 0 Å². The number of likely N-dealkylation sites (tertiary alicyclic amines) is 1. The molecule has 180 valence electrons. The van der Waals surface area contributed by atoms with E-state index in [1.165, 1.54) is 12.1 Å². The smallest absolute Gasteiger partial charge is 0.416 e. The Balaban J connectivity index is 1.34. The molecule has 3 aromatic rings. The highest BCUT2D eigenvalue weighted by atomic mass is 32.1. The lowest BCUT2D eigenvalue weighted by Gasteiger charge is -2.33. The van der Waals surface area contributed by atoms with Crippen molar-refractivity contribution in [3.63, 3.8) is 0 Å². The first-order valence-corrected chi connectivity index (χ1v) is 10.9. The van der Waals surface area contributed by atoms with Crippen LogP contribution in [-0.4, -0.2) is 57.5 Å². The molecule has 0 atom stereocenters. The number of rotatable bonds is 5. The van der Waals surface area contributed by atoms with Gasteiger partial charge in [0.2, 0.25) is 5.82 Å². The molecule has 0 radical (unpaired) electrons. The number of hydrogen-bond acceptors (Lipinski definition) is 6. The van der Waals surface area contributed by atoms with Crippen LogP contribution >= 0.6 is 12.2 Å². The summed E-state index contributed by atoms with van der Waals surface area (Å²) in [5.74, 6) is 1.69. The van der Waals surface area contributed by atoms with Gasteiger partial charge in [-0.3, -0.25) is 0 Å². The van der Waals surface area contributed by atoms with Crippen LogP contribution in [0, 0.1) is 0 Å². The summed E-state index contributed by atoms with van der Waals surface area (Å²) in [5.41, 5.74) is 0.582. The van der Waals surface area contributed by atoms with Gasteiger partial charge in [0.15, 0.2) is 16.6 Å². The molecule has 1 N–H and O–H groups in total. The zero-order valence-corrected chi connectivity index (χ0v) is 19.4. The third-order valence-corrected chi connectivity index (χ3v) is 5.97. The number of nitrogens with zero attached hydrogens (tertiary/aromatic N) is 5. The van der Waals surface area contributed by atoms with E-state index in [1.807, 2.05) is 11.0 Å². The Morgan fingerprint density at radius 3 is 2.32 bits per heavy atom. The first-order valence-electron chi connectivity index (χ1n) is 10.5. The van der Waals surface area contributed by atoms with Gasteiger partial charge in [-0.05, 0) is 72.7 Å². The fraction of sp³-hybridized carbons (Fsp3) is 0.364. The monoisotopic (exact) mass is 492 g/mol. The molecule has 0 bridgehead atoms. The second-order valence-corrected chi connectivity index (χ2v) is 8.11. The van der Waals surface area contributed by atoms with Gasteiger partial charge in [0.25, 0.3) is 0 Å². The minimum atomic E-state index is -4.37. The van der Waals surface area contributed by atoms with Gasteiger partial charge < -0.3 is 19.7 Å². The number of benzene rings is 2. The van der Waals surface area contributed by atoms with Crippen molar-refractivity contribution in [2.24, 2.45) is 0 Å².